The zero-order chi connectivity index (χ0) is 27.1. The summed E-state index contributed by atoms with van der Waals surface area (Å²) in [4.78, 5) is 28.6. The van der Waals surface area contributed by atoms with Gasteiger partial charge in [0.15, 0.2) is 0 Å². The molecule has 0 unspecified atom stereocenters. The standard InChI is InChI=1S/C32H48N6O2/c39-32(26-5-2-1-3-6-26)34-28-10-8-25(9-11-28)12-14-36-15-17-37(18-16-36)30-23-27(29-7-4-13-33-29)24-31(35-30)38-19-21-40-22-20-38/h4,7,13,23-26,28,33H,1-3,5-6,8-12,14-22H2,(H,34,39)/t25-,28-. The Bertz CT molecular complexity index is 1060. The van der Waals surface area contributed by atoms with Crippen molar-refractivity contribution >= 4 is 17.5 Å². The first-order valence-electron chi connectivity index (χ1n) is 16.0. The Labute approximate surface area is 239 Å². The topological polar surface area (TPSA) is 76.7 Å². The molecule has 8 heteroatoms. The summed E-state index contributed by atoms with van der Waals surface area (Å²) in [6, 6.07) is 9.07. The summed E-state index contributed by atoms with van der Waals surface area (Å²) in [6.07, 6.45) is 14.1. The van der Waals surface area contributed by atoms with E-state index in [4.69, 9.17) is 9.72 Å². The number of ether oxygens (including phenoxy) is 1. The number of hydrogen-bond donors (Lipinski definition) is 2. The molecule has 0 spiro atoms. The molecule has 1 amide bonds. The zero-order valence-corrected chi connectivity index (χ0v) is 24.2. The lowest BCUT2D eigenvalue weighted by atomic mass is 9.83. The number of aromatic nitrogens is 2. The van der Waals surface area contributed by atoms with Crippen LogP contribution in [0.1, 0.15) is 64.2 Å². The molecule has 8 nitrogen and oxygen atoms in total. The van der Waals surface area contributed by atoms with Gasteiger partial charge in [-0.2, -0.15) is 0 Å². The maximum atomic E-state index is 12.7. The van der Waals surface area contributed by atoms with Gasteiger partial charge in [0.2, 0.25) is 5.91 Å². The Morgan fingerprint density at radius 3 is 2.27 bits per heavy atom. The van der Waals surface area contributed by atoms with Crippen LogP contribution in [0.15, 0.2) is 30.5 Å². The molecule has 4 heterocycles. The molecule has 0 bridgehead atoms. The molecule has 40 heavy (non-hydrogen) atoms. The second-order valence-electron chi connectivity index (χ2n) is 12.4. The molecule has 6 rings (SSSR count). The molecular weight excluding hydrogens is 500 g/mol. The zero-order valence-electron chi connectivity index (χ0n) is 24.2. The van der Waals surface area contributed by atoms with Crippen molar-refractivity contribution in [2.24, 2.45) is 11.8 Å². The van der Waals surface area contributed by atoms with Crippen molar-refractivity contribution in [1.82, 2.24) is 20.2 Å². The lowest BCUT2D eigenvalue weighted by molar-refractivity contribution is -0.126. The molecule has 2 aliphatic carbocycles. The number of aromatic amines is 1. The van der Waals surface area contributed by atoms with Crippen LogP contribution in [-0.2, 0) is 9.53 Å². The first-order valence-corrected chi connectivity index (χ1v) is 16.0. The predicted molar refractivity (Wildman–Crippen MR) is 161 cm³/mol. The van der Waals surface area contributed by atoms with Gasteiger partial charge >= 0.3 is 0 Å². The number of nitrogens with zero attached hydrogens (tertiary/aromatic N) is 4. The fraction of sp³-hybridized carbons (Fsp3) is 0.688. The van der Waals surface area contributed by atoms with Gasteiger partial charge in [-0.15, -0.1) is 0 Å². The Kier molecular flexibility index (Phi) is 9.23. The summed E-state index contributed by atoms with van der Waals surface area (Å²) in [5.41, 5.74) is 2.34. The lowest BCUT2D eigenvalue weighted by Gasteiger charge is -2.37. The number of H-pyrrole nitrogens is 1. The second-order valence-corrected chi connectivity index (χ2v) is 12.4. The first kappa shape index (κ1) is 27.6. The highest BCUT2D eigenvalue weighted by Gasteiger charge is 2.27. The molecule has 2 saturated carbocycles. The number of morpholine rings is 1. The van der Waals surface area contributed by atoms with Crippen LogP contribution in [0.25, 0.3) is 11.3 Å². The lowest BCUT2D eigenvalue weighted by Crippen LogP contribution is -2.47. The minimum absolute atomic E-state index is 0.280. The number of carbonyl (C=O) groups is 1. The predicted octanol–water partition coefficient (Wildman–Crippen LogP) is 4.68. The van der Waals surface area contributed by atoms with E-state index in [1.165, 1.54) is 50.6 Å². The molecule has 218 valence electrons. The molecule has 2 aliphatic heterocycles. The van der Waals surface area contributed by atoms with Gasteiger partial charge in [0.25, 0.3) is 0 Å². The quantitative estimate of drug-likeness (QED) is 0.499. The monoisotopic (exact) mass is 548 g/mol. The normalized spacial score (nSPS) is 25.2. The third-order valence-corrected chi connectivity index (χ3v) is 9.76. The van der Waals surface area contributed by atoms with Gasteiger partial charge in [0.1, 0.15) is 11.6 Å². The maximum Gasteiger partial charge on any atom is 0.223 e. The number of pyridine rings is 1. The van der Waals surface area contributed by atoms with Crippen LogP contribution >= 0.6 is 0 Å². The van der Waals surface area contributed by atoms with Gasteiger partial charge in [-0.25, -0.2) is 4.98 Å². The van der Waals surface area contributed by atoms with Crippen LogP contribution in [0.3, 0.4) is 0 Å². The smallest absolute Gasteiger partial charge is 0.223 e. The van der Waals surface area contributed by atoms with Crippen molar-refractivity contribution in [3.63, 3.8) is 0 Å². The van der Waals surface area contributed by atoms with E-state index in [0.717, 1.165) is 101 Å². The summed E-state index contributed by atoms with van der Waals surface area (Å²) < 4.78 is 5.58. The highest BCUT2D eigenvalue weighted by Crippen LogP contribution is 2.31. The van der Waals surface area contributed by atoms with Crippen LogP contribution in [0.2, 0.25) is 0 Å². The van der Waals surface area contributed by atoms with E-state index in [1.54, 1.807) is 0 Å². The molecule has 4 aliphatic rings. The summed E-state index contributed by atoms with van der Waals surface area (Å²) in [5, 5.41) is 3.40. The van der Waals surface area contributed by atoms with E-state index in [2.05, 4.69) is 49.3 Å². The van der Waals surface area contributed by atoms with E-state index >= 15 is 0 Å². The third kappa shape index (κ3) is 7.00. The molecular formula is C32H48N6O2. The van der Waals surface area contributed by atoms with E-state index in [-0.39, 0.29) is 5.92 Å². The van der Waals surface area contributed by atoms with Crippen molar-refractivity contribution < 1.29 is 9.53 Å². The first-order chi connectivity index (χ1) is 19.7. The highest BCUT2D eigenvalue weighted by atomic mass is 16.5. The highest BCUT2D eigenvalue weighted by molar-refractivity contribution is 5.79. The summed E-state index contributed by atoms with van der Waals surface area (Å²) in [5.74, 6) is 3.56. The number of hydrogen-bond acceptors (Lipinski definition) is 6. The number of nitrogens with one attached hydrogen (secondary N) is 2. The molecule has 0 aromatic carbocycles. The Hall–Kier alpha value is -2.58. The Balaban J connectivity index is 0.968. The minimum Gasteiger partial charge on any atom is -0.378 e. The third-order valence-electron chi connectivity index (χ3n) is 9.76. The summed E-state index contributed by atoms with van der Waals surface area (Å²) in [6.45, 7) is 8.72. The van der Waals surface area contributed by atoms with Crippen LogP contribution in [0.4, 0.5) is 11.6 Å². The average molecular weight is 549 g/mol. The van der Waals surface area contributed by atoms with Crippen molar-refractivity contribution in [3.05, 3.63) is 30.5 Å². The molecule has 2 N–H and O–H groups in total. The SMILES string of the molecule is O=C(N[C@H]1CC[C@H](CCN2CCN(c3cc(-c4ccc[nH]4)cc(N4CCOCC4)n3)CC2)CC1)C1CCCCC1. The summed E-state index contributed by atoms with van der Waals surface area (Å²) >= 11 is 0. The van der Waals surface area contributed by atoms with E-state index in [1.807, 2.05) is 6.20 Å². The molecule has 0 radical (unpaired) electrons. The number of carbonyl (C=O) groups excluding carboxylic acids is 1. The molecule has 2 saturated heterocycles. The van der Waals surface area contributed by atoms with Gasteiger partial charge in [-0.05, 0) is 81.7 Å². The van der Waals surface area contributed by atoms with Gasteiger partial charge in [-0.1, -0.05) is 19.3 Å². The van der Waals surface area contributed by atoms with E-state index in [0.29, 0.717) is 11.9 Å². The minimum atomic E-state index is 0.280. The number of anilines is 2. The van der Waals surface area contributed by atoms with Crippen LogP contribution in [-0.4, -0.2) is 85.8 Å². The Morgan fingerprint density at radius 1 is 0.900 bits per heavy atom. The molecule has 2 aromatic rings. The number of rotatable bonds is 8. The molecule has 0 atom stereocenters. The van der Waals surface area contributed by atoms with Crippen molar-refractivity contribution in [1.29, 1.82) is 0 Å². The average Bonchev–Trinajstić information content (AvgIpc) is 3.57. The van der Waals surface area contributed by atoms with Crippen LogP contribution < -0.4 is 15.1 Å². The van der Waals surface area contributed by atoms with Gasteiger partial charge < -0.3 is 24.8 Å². The fourth-order valence-corrected chi connectivity index (χ4v) is 7.13. The second kappa shape index (κ2) is 13.4. The fourth-order valence-electron chi connectivity index (χ4n) is 7.13. The van der Waals surface area contributed by atoms with Gasteiger partial charge in [0, 0.05) is 68.7 Å². The molecule has 4 fully saturated rings. The number of amides is 1. The number of piperazine rings is 1. The van der Waals surface area contributed by atoms with Gasteiger partial charge in [-0.3, -0.25) is 9.69 Å². The van der Waals surface area contributed by atoms with Crippen LogP contribution in [0, 0.1) is 11.8 Å². The maximum absolute atomic E-state index is 12.7. The Morgan fingerprint density at radius 2 is 1.60 bits per heavy atom. The summed E-state index contributed by atoms with van der Waals surface area (Å²) in [7, 11) is 0. The van der Waals surface area contributed by atoms with Crippen molar-refractivity contribution in [2.45, 2.75) is 70.3 Å². The van der Waals surface area contributed by atoms with Crippen molar-refractivity contribution in [2.75, 3.05) is 68.8 Å². The van der Waals surface area contributed by atoms with Crippen molar-refractivity contribution in [3.8, 4) is 11.3 Å². The van der Waals surface area contributed by atoms with Gasteiger partial charge in [0.05, 0.1) is 13.2 Å². The molecule has 2 aromatic heterocycles. The largest absolute Gasteiger partial charge is 0.378 e. The van der Waals surface area contributed by atoms with E-state index < -0.39 is 0 Å². The van der Waals surface area contributed by atoms with E-state index in [9.17, 15) is 4.79 Å². The van der Waals surface area contributed by atoms with Crippen LogP contribution in [0.5, 0.6) is 0 Å².